The van der Waals surface area contributed by atoms with E-state index in [0.717, 1.165) is 6.42 Å². The number of hydrogen-bond donors (Lipinski definition) is 0. The predicted molar refractivity (Wildman–Crippen MR) is 196 cm³/mol. The molecule has 0 fully saturated rings. The monoisotopic (exact) mass is 736 g/mol. The van der Waals surface area contributed by atoms with Crippen molar-refractivity contribution < 1.29 is 51.0 Å². The second kappa shape index (κ2) is 19.1. The first-order chi connectivity index (χ1) is 22.3. The van der Waals surface area contributed by atoms with Gasteiger partial charge in [-0.1, -0.05) is 179 Å². The first kappa shape index (κ1) is 38.5. The van der Waals surface area contributed by atoms with Crippen molar-refractivity contribution in [3.05, 3.63) is 196 Å². The van der Waals surface area contributed by atoms with Crippen molar-refractivity contribution in [3.63, 3.8) is 0 Å². The van der Waals surface area contributed by atoms with Gasteiger partial charge in [-0.25, -0.2) is 0 Å². The van der Waals surface area contributed by atoms with E-state index in [1.807, 2.05) is 0 Å². The largest absolute Gasteiger partial charge is 2.00 e. The van der Waals surface area contributed by atoms with E-state index < -0.39 is 0 Å². The minimum Gasteiger partial charge on any atom is -1.00 e. The van der Waals surface area contributed by atoms with E-state index in [9.17, 15) is 0 Å². The molecule has 238 valence electrons. The molecule has 0 saturated carbocycles. The van der Waals surface area contributed by atoms with Crippen LogP contribution in [-0.2, 0) is 26.2 Å². The Bertz CT molecular complexity index is 1780. The average molecular weight is 739 g/mol. The van der Waals surface area contributed by atoms with Crippen LogP contribution >= 0.6 is 0 Å². The first-order valence-electron chi connectivity index (χ1n) is 15.5. The molecule has 0 atom stereocenters. The van der Waals surface area contributed by atoms with E-state index in [4.69, 9.17) is 0 Å². The third kappa shape index (κ3) is 8.72. The molecule has 0 aliphatic rings. The zero-order valence-electron chi connectivity index (χ0n) is 26.7. The van der Waals surface area contributed by atoms with Gasteiger partial charge in [0.25, 0.3) is 0 Å². The fourth-order valence-corrected chi connectivity index (χ4v) is 5.95. The summed E-state index contributed by atoms with van der Waals surface area (Å²) in [7, 11) is 0. The maximum atomic E-state index is 3.38. The van der Waals surface area contributed by atoms with Crippen LogP contribution in [0.1, 0.15) is 6.42 Å². The fourth-order valence-electron chi connectivity index (χ4n) is 5.95. The van der Waals surface area contributed by atoms with Gasteiger partial charge in [0.15, 0.2) is 0 Å². The third-order valence-electron chi connectivity index (χ3n) is 7.97. The van der Waals surface area contributed by atoms with Crippen LogP contribution < -0.4 is 24.8 Å². The second-order valence-electron chi connectivity index (χ2n) is 10.8. The quantitative estimate of drug-likeness (QED) is 0.174. The van der Waals surface area contributed by atoms with Gasteiger partial charge in [0.05, 0.1) is 0 Å². The molecule has 0 radical (unpaired) electrons. The summed E-state index contributed by atoms with van der Waals surface area (Å²) in [6.45, 7) is 6.75. The van der Waals surface area contributed by atoms with Crippen LogP contribution in [0, 0.1) is 13.8 Å². The molecule has 0 nitrogen and oxygen atoms in total. The SMILES string of the molecule is [CH2-]C[CH2-].[Cl-].[Cl-].[Zr+2].c1ccc(-c2ccc(-c3ccccc3)c3[cH-]ccc23)cc1.c1ccc(-c2ccc(-c3ccccc3)c3[cH-]ccc23)cc1. The van der Waals surface area contributed by atoms with Crippen molar-refractivity contribution >= 4 is 21.5 Å². The second-order valence-corrected chi connectivity index (χ2v) is 10.8. The molecular weight excluding hydrogens is 703 g/mol. The first-order valence-corrected chi connectivity index (χ1v) is 15.5. The summed E-state index contributed by atoms with van der Waals surface area (Å²) >= 11 is 0. The zero-order valence-corrected chi connectivity index (χ0v) is 30.7. The molecule has 0 spiro atoms. The Morgan fingerprint density at radius 3 is 0.896 bits per heavy atom. The normalized spacial score (nSPS) is 9.88. The molecule has 0 N–H and O–H groups in total. The van der Waals surface area contributed by atoms with Gasteiger partial charge in [0, 0.05) is 0 Å². The Hall–Kier alpha value is -4.00. The standard InChI is InChI=1S/2C21H15.C3H6.2ClH.Zr/c2*1-3-8-16(9-4-1)18-14-15-19(17-10-5-2-6-11-17)21-13-7-12-20(18)21;1-3-2;;;/h2*1-15H;1-3H2;2*1H;/q2*-1;-2;;;+2/p-2. The van der Waals surface area contributed by atoms with Crippen LogP contribution in [0.2, 0.25) is 0 Å². The molecule has 0 amide bonds. The van der Waals surface area contributed by atoms with Gasteiger partial charge in [0.1, 0.15) is 0 Å². The third-order valence-corrected chi connectivity index (χ3v) is 7.97. The van der Waals surface area contributed by atoms with E-state index in [0.29, 0.717) is 0 Å². The maximum absolute atomic E-state index is 3.38. The molecule has 8 aromatic carbocycles. The molecule has 8 rings (SSSR count). The summed E-state index contributed by atoms with van der Waals surface area (Å²) in [4.78, 5) is 0. The van der Waals surface area contributed by atoms with E-state index in [1.54, 1.807) is 0 Å². The maximum Gasteiger partial charge on any atom is 2.00 e. The number of rotatable bonds is 4. The van der Waals surface area contributed by atoms with Gasteiger partial charge in [-0.15, -0.1) is 33.7 Å². The van der Waals surface area contributed by atoms with Crippen molar-refractivity contribution in [2.75, 3.05) is 0 Å². The Labute approximate surface area is 317 Å². The van der Waals surface area contributed by atoms with E-state index in [1.165, 1.54) is 66.1 Å². The molecule has 0 aliphatic heterocycles. The van der Waals surface area contributed by atoms with Crippen molar-refractivity contribution in [2.45, 2.75) is 6.42 Å². The van der Waals surface area contributed by atoms with Crippen molar-refractivity contribution in [2.24, 2.45) is 0 Å². The van der Waals surface area contributed by atoms with Gasteiger partial charge >= 0.3 is 26.2 Å². The number of halogens is 2. The van der Waals surface area contributed by atoms with E-state index in [2.05, 4.69) is 196 Å². The van der Waals surface area contributed by atoms with Crippen molar-refractivity contribution in [1.29, 1.82) is 0 Å². The molecular formula is C45H36Cl2Zr-4. The minimum atomic E-state index is 0. The molecule has 0 unspecified atom stereocenters. The number of hydrogen-bond acceptors (Lipinski definition) is 0. The zero-order chi connectivity index (χ0) is 30.8. The molecule has 3 heteroatoms. The van der Waals surface area contributed by atoms with Crippen molar-refractivity contribution in [1.82, 2.24) is 0 Å². The summed E-state index contributed by atoms with van der Waals surface area (Å²) in [5, 5.41) is 5.29. The van der Waals surface area contributed by atoms with Crippen LogP contribution in [0.5, 0.6) is 0 Å². The molecule has 48 heavy (non-hydrogen) atoms. The number of fused-ring (bicyclic) bond motifs is 2. The fraction of sp³-hybridized carbons (Fsp3) is 0.0222. The Balaban J connectivity index is 0.000000228. The molecule has 0 aromatic heterocycles. The van der Waals surface area contributed by atoms with Crippen LogP contribution in [0.25, 0.3) is 66.1 Å². The summed E-state index contributed by atoms with van der Waals surface area (Å²) in [6.07, 6.45) is 0.750. The molecule has 0 saturated heterocycles. The van der Waals surface area contributed by atoms with Gasteiger partial charge in [-0.2, -0.15) is 24.3 Å². The summed E-state index contributed by atoms with van der Waals surface area (Å²) < 4.78 is 0. The van der Waals surface area contributed by atoms with E-state index >= 15 is 0 Å². The van der Waals surface area contributed by atoms with Crippen LogP contribution in [-0.4, -0.2) is 0 Å². The molecule has 8 aromatic rings. The minimum absolute atomic E-state index is 0. The summed E-state index contributed by atoms with van der Waals surface area (Å²) in [5.41, 5.74) is 10.3. The Morgan fingerprint density at radius 1 is 0.354 bits per heavy atom. The smallest absolute Gasteiger partial charge is 1.00 e. The van der Waals surface area contributed by atoms with Crippen LogP contribution in [0.4, 0.5) is 0 Å². The topological polar surface area (TPSA) is 0 Å². The number of benzene rings is 6. The van der Waals surface area contributed by atoms with Gasteiger partial charge in [0.2, 0.25) is 0 Å². The summed E-state index contributed by atoms with van der Waals surface area (Å²) in [5.74, 6) is 0. The Kier molecular flexibility index (Phi) is 15.3. The Morgan fingerprint density at radius 2 is 0.604 bits per heavy atom. The van der Waals surface area contributed by atoms with Gasteiger partial charge in [-0.05, 0) is 11.1 Å². The summed E-state index contributed by atoms with van der Waals surface area (Å²) in [6, 6.07) is 64.4. The van der Waals surface area contributed by atoms with Crippen molar-refractivity contribution in [3.8, 4) is 44.5 Å². The van der Waals surface area contributed by atoms with Gasteiger partial charge < -0.3 is 45.1 Å². The molecule has 0 bridgehead atoms. The van der Waals surface area contributed by atoms with Gasteiger partial charge in [-0.3, -0.25) is 0 Å². The molecule has 0 heterocycles. The molecule has 0 aliphatic carbocycles. The predicted octanol–water partition coefficient (Wildman–Crippen LogP) is 6.84. The van der Waals surface area contributed by atoms with E-state index in [-0.39, 0.29) is 51.0 Å². The van der Waals surface area contributed by atoms with Crippen LogP contribution in [0.3, 0.4) is 0 Å². The van der Waals surface area contributed by atoms with Crippen LogP contribution in [0.15, 0.2) is 182 Å². The average Bonchev–Trinajstić information content (AvgIpc) is 3.81.